The maximum Gasteiger partial charge on any atom is 0.252 e. The van der Waals surface area contributed by atoms with Gasteiger partial charge < -0.3 is 5.32 Å². The smallest absolute Gasteiger partial charge is 0.252 e. The van der Waals surface area contributed by atoms with Crippen LogP contribution in [-0.4, -0.2) is 43.2 Å². The summed E-state index contributed by atoms with van der Waals surface area (Å²) in [6, 6.07) is 6.73. The van der Waals surface area contributed by atoms with Crippen molar-refractivity contribution in [1.82, 2.24) is 14.6 Å². The second-order valence-corrected chi connectivity index (χ2v) is 8.74. The van der Waals surface area contributed by atoms with E-state index in [1.54, 1.807) is 18.3 Å². The van der Waals surface area contributed by atoms with Crippen LogP contribution in [0.1, 0.15) is 23.2 Å². The molecule has 0 bridgehead atoms. The Morgan fingerprint density at radius 1 is 1.37 bits per heavy atom. The molecule has 0 radical (unpaired) electrons. The molecule has 6 nitrogen and oxygen atoms in total. The van der Waals surface area contributed by atoms with E-state index in [9.17, 15) is 17.6 Å². The van der Waals surface area contributed by atoms with Gasteiger partial charge in [0.05, 0.1) is 15.5 Å². The lowest BCUT2D eigenvalue weighted by Gasteiger charge is -2.32. The lowest BCUT2D eigenvalue weighted by atomic mass is 9.99. The largest absolute Gasteiger partial charge is 0.352 e. The van der Waals surface area contributed by atoms with E-state index < -0.39 is 15.8 Å². The van der Waals surface area contributed by atoms with E-state index in [1.165, 1.54) is 16.6 Å². The van der Waals surface area contributed by atoms with Gasteiger partial charge in [0.1, 0.15) is 5.82 Å². The molecule has 1 aliphatic heterocycles. The average molecular weight is 412 g/mol. The second kappa shape index (κ2) is 8.33. The van der Waals surface area contributed by atoms with Gasteiger partial charge in [-0.25, -0.2) is 12.8 Å². The van der Waals surface area contributed by atoms with Crippen LogP contribution >= 0.6 is 11.6 Å². The van der Waals surface area contributed by atoms with Crippen LogP contribution in [0.4, 0.5) is 4.39 Å². The minimum absolute atomic E-state index is 0.00920. The normalized spacial score (nSPS) is 18.2. The van der Waals surface area contributed by atoms with E-state index in [0.717, 1.165) is 18.6 Å². The van der Waals surface area contributed by atoms with Crippen LogP contribution in [-0.2, 0) is 10.0 Å². The molecule has 1 aliphatic rings. The van der Waals surface area contributed by atoms with Gasteiger partial charge in [-0.3, -0.25) is 9.78 Å². The number of carbonyl (C=O) groups excluding carboxylic acids is 1. The molecule has 1 N–H and O–H groups in total. The Morgan fingerprint density at radius 3 is 2.89 bits per heavy atom. The fourth-order valence-electron chi connectivity index (χ4n) is 3.03. The van der Waals surface area contributed by atoms with Crippen LogP contribution in [0.2, 0.25) is 5.02 Å². The van der Waals surface area contributed by atoms with Crippen molar-refractivity contribution >= 4 is 27.5 Å². The van der Waals surface area contributed by atoms with Crippen molar-refractivity contribution < 1.29 is 17.6 Å². The maximum absolute atomic E-state index is 13.3. The molecular formula is C18H19ClFN3O3S. The van der Waals surface area contributed by atoms with Gasteiger partial charge in [0, 0.05) is 32.0 Å². The predicted octanol–water partition coefficient (Wildman–Crippen LogP) is 2.70. The zero-order valence-corrected chi connectivity index (χ0v) is 16.0. The minimum Gasteiger partial charge on any atom is -0.352 e. The van der Waals surface area contributed by atoms with E-state index in [4.69, 9.17) is 11.6 Å². The SMILES string of the molecule is O=C(NC[C@@H]1CCCN(S(=O)(=O)c2ccc(F)c(Cl)c2)C1)c1cccnc1. The van der Waals surface area contributed by atoms with Gasteiger partial charge in [0.25, 0.3) is 5.91 Å². The fourth-order valence-corrected chi connectivity index (χ4v) is 4.86. The first-order valence-electron chi connectivity index (χ1n) is 8.51. The van der Waals surface area contributed by atoms with Crippen molar-refractivity contribution in [3.05, 3.63) is 59.1 Å². The van der Waals surface area contributed by atoms with Crippen LogP contribution < -0.4 is 5.32 Å². The first kappa shape index (κ1) is 19.7. The maximum atomic E-state index is 13.3. The highest BCUT2D eigenvalue weighted by molar-refractivity contribution is 7.89. The standard InChI is InChI=1S/C18H19ClFN3O3S/c19-16-9-15(5-6-17(16)20)27(25,26)23-8-2-3-13(12-23)10-22-18(24)14-4-1-7-21-11-14/h1,4-7,9,11,13H,2-3,8,10,12H2,(H,22,24)/t13-/m0/s1. The number of nitrogens with zero attached hydrogens (tertiary/aromatic N) is 2. The number of amides is 1. The summed E-state index contributed by atoms with van der Waals surface area (Å²) >= 11 is 5.72. The quantitative estimate of drug-likeness (QED) is 0.820. The lowest BCUT2D eigenvalue weighted by molar-refractivity contribution is 0.0941. The van der Waals surface area contributed by atoms with Gasteiger partial charge in [-0.15, -0.1) is 0 Å². The van der Waals surface area contributed by atoms with Crippen LogP contribution in [0.5, 0.6) is 0 Å². The zero-order valence-electron chi connectivity index (χ0n) is 14.4. The first-order valence-corrected chi connectivity index (χ1v) is 10.3. The summed E-state index contributed by atoms with van der Waals surface area (Å²) in [5.41, 5.74) is 0.457. The molecule has 2 aromatic rings. The molecular weight excluding hydrogens is 393 g/mol. The van der Waals surface area contributed by atoms with E-state index >= 15 is 0 Å². The fraction of sp³-hybridized carbons (Fsp3) is 0.333. The highest BCUT2D eigenvalue weighted by atomic mass is 35.5. The van der Waals surface area contributed by atoms with Crippen molar-refractivity contribution in [2.24, 2.45) is 5.92 Å². The topological polar surface area (TPSA) is 79.4 Å². The van der Waals surface area contributed by atoms with Gasteiger partial charge in [-0.05, 0) is 49.1 Å². The number of benzene rings is 1. The van der Waals surface area contributed by atoms with Crippen molar-refractivity contribution in [3.8, 4) is 0 Å². The highest BCUT2D eigenvalue weighted by Crippen LogP contribution is 2.26. The van der Waals surface area contributed by atoms with E-state index in [2.05, 4.69) is 10.3 Å². The molecule has 1 atom stereocenters. The number of nitrogens with one attached hydrogen (secondary N) is 1. The Kier molecular flexibility index (Phi) is 6.08. The number of hydrogen-bond donors (Lipinski definition) is 1. The first-order chi connectivity index (χ1) is 12.9. The molecule has 0 saturated carbocycles. The van der Waals surface area contributed by atoms with Gasteiger partial charge in [0.2, 0.25) is 10.0 Å². The number of pyridine rings is 1. The molecule has 0 aliphatic carbocycles. The van der Waals surface area contributed by atoms with Crippen LogP contribution in [0.3, 0.4) is 0 Å². The van der Waals surface area contributed by atoms with E-state index in [-0.39, 0.29) is 28.3 Å². The number of sulfonamides is 1. The summed E-state index contributed by atoms with van der Waals surface area (Å²) in [6.45, 7) is 1.03. The Labute approximate surface area is 162 Å². The van der Waals surface area contributed by atoms with Gasteiger partial charge in [-0.2, -0.15) is 4.31 Å². The predicted molar refractivity (Wildman–Crippen MR) is 99.5 cm³/mol. The number of carbonyl (C=O) groups is 1. The molecule has 144 valence electrons. The number of hydrogen-bond acceptors (Lipinski definition) is 4. The van der Waals surface area contributed by atoms with Crippen LogP contribution in [0.15, 0.2) is 47.6 Å². The third-order valence-corrected chi connectivity index (χ3v) is 6.64. The molecule has 2 heterocycles. The molecule has 1 aromatic heterocycles. The van der Waals surface area contributed by atoms with Gasteiger partial charge >= 0.3 is 0 Å². The minimum atomic E-state index is -3.77. The molecule has 1 fully saturated rings. The van der Waals surface area contributed by atoms with Gasteiger partial charge in [-0.1, -0.05) is 11.6 Å². The summed E-state index contributed by atoms with van der Waals surface area (Å²) in [7, 11) is -3.77. The Morgan fingerprint density at radius 2 is 2.19 bits per heavy atom. The van der Waals surface area contributed by atoms with Crippen molar-refractivity contribution in [1.29, 1.82) is 0 Å². The Balaban J connectivity index is 1.65. The number of halogens is 2. The van der Waals surface area contributed by atoms with Crippen molar-refractivity contribution in [2.45, 2.75) is 17.7 Å². The molecule has 27 heavy (non-hydrogen) atoms. The van der Waals surface area contributed by atoms with Crippen molar-refractivity contribution in [2.75, 3.05) is 19.6 Å². The van der Waals surface area contributed by atoms with E-state index in [0.29, 0.717) is 25.1 Å². The molecule has 1 amide bonds. The summed E-state index contributed by atoms with van der Waals surface area (Å²) in [6.07, 6.45) is 4.55. The van der Waals surface area contributed by atoms with E-state index in [1.807, 2.05) is 0 Å². The summed E-state index contributed by atoms with van der Waals surface area (Å²) < 4.78 is 40.3. The Bertz CT molecular complexity index is 925. The molecule has 9 heteroatoms. The zero-order chi connectivity index (χ0) is 19.4. The molecule has 0 unspecified atom stereocenters. The summed E-state index contributed by atoms with van der Waals surface area (Å²) in [5.74, 6) is -0.913. The average Bonchev–Trinajstić information content (AvgIpc) is 2.69. The molecule has 0 spiro atoms. The molecule has 1 saturated heterocycles. The van der Waals surface area contributed by atoms with Crippen LogP contribution in [0, 0.1) is 11.7 Å². The van der Waals surface area contributed by atoms with Crippen LogP contribution in [0.25, 0.3) is 0 Å². The second-order valence-electron chi connectivity index (χ2n) is 6.40. The third-order valence-electron chi connectivity index (χ3n) is 4.49. The highest BCUT2D eigenvalue weighted by Gasteiger charge is 2.30. The number of aromatic nitrogens is 1. The lowest BCUT2D eigenvalue weighted by Crippen LogP contribution is -2.43. The Hall–Kier alpha value is -2.03. The molecule has 3 rings (SSSR count). The number of piperidine rings is 1. The molecule has 1 aromatic carbocycles. The monoisotopic (exact) mass is 411 g/mol. The van der Waals surface area contributed by atoms with Gasteiger partial charge in [0.15, 0.2) is 0 Å². The van der Waals surface area contributed by atoms with Crippen molar-refractivity contribution in [3.63, 3.8) is 0 Å². The summed E-state index contributed by atoms with van der Waals surface area (Å²) in [5, 5.41) is 2.60. The third kappa shape index (κ3) is 4.63. The summed E-state index contributed by atoms with van der Waals surface area (Å²) in [4.78, 5) is 16.0. The number of rotatable bonds is 5.